The van der Waals surface area contributed by atoms with Gasteiger partial charge in [-0.25, -0.2) is 18.3 Å². The van der Waals surface area contributed by atoms with E-state index < -0.39 is 35.4 Å². The summed E-state index contributed by atoms with van der Waals surface area (Å²) in [7, 11) is 1.31. The van der Waals surface area contributed by atoms with Crippen LogP contribution in [0.2, 0.25) is 0 Å². The molecule has 0 atom stereocenters. The number of nitrogens with zero attached hydrogens (tertiary/aromatic N) is 4. The molecular formula is C24H22F2N6O3. The van der Waals surface area contributed by atoms with Gasteiger partial charge in [-0.1, -0.05) is 0 Å². The highest BCUT2D eigenvalue weighted by Gasteiger charge is 2.24. The molecule has 1 amide bonds. The van der Waals surface area contributed by atoms with Gasteiger partial charge in [0, 0.05) is 36.1 Å². The van der Waals surface area contributed by atoms with Crippen LogP contribution in [0.4, 0.5) is 14.7 Å². The van der Waals surface area contributed by atoms with Gasteiger partial charge in [-0.2, -0.15) is 4.98 Å². The predicted octanol–water partition coefficient (Wildman–Crippen LogP) is 3.38. The van der Waals surface area contributed by atoms with Gasteiger partial charge in [-0.15, -0.1) is 5.10 Å². The normalized spacial score (nSPS) is 14.4. The number of fused-ring (bicyclic) bond motifs is 1. The zero-order chi connectivity index (χ0) is 26.3. The van der Waals surface area contributed by atoms with E-state index in [1.54, 1.807) is 18.3 Å². The highest BCUT2D eigenvalue weighted by Crippen LogP contribution is 2.32. The van der Waals surface area contributed by atoms with Gasteiger partial charge in [0.05, 0.1) is 16.5 Å². The van der Waals surface area contributed by atoms with Crippen LogP contribution >= 0.6 is 0 Å². The molecule has 180 valence electrons. The Bertz CT molecular complexity index is 1510. The summed E-state index contributed by atoms with van der Waals surface area (Å²) in [6.45, 7) is -2.53. The van der Waals surface area contributed by atoms with E-state index in [1.807, 2.05) is 0 Å². The average molecular weight is 482 g/mol. The number of hydrogen-bond acceptors (Lipinski definition) is 7. The zero-order valence-corrected chi connectivity index (χ0v) is 18.6. The van der Waals surface area contributed by atoms with E-state index in [9.17, 15) is 13.6 Å². The maximum Gasteiger partial charge on any atom is 0.257 e. The Labute approximate surface area is 201 Å². The molecule has 1 fully saturated rings. The van der Waals surface area contributed by atoms with Crippen molar-refractivity contribution in [3.8, 4) is 22.8 Å². The Balaban J connectivity index is 1.47. The fourth-order valence-corrected chi connectivity index (χ4v) is 3.49. The van der Waals surface area contributed by atoms with Gasteiger partial charge >= 0.3 is 0 Å². The van der Waals surface area contributed by atoms with Gasteiger partial charge in [0.2, 0.25) is 11.8 Å². The van der Waals surface area contributed by atoms with Gasteiger partial charge in [-0.05, 0) is 48.6 Å². The highest BCUT2D eigenvalue weighted by atomic mass is 19.1. The van der Waals surface area contributed by atoms with E-state index in [1.165, 1.54) is 23.9 Å². The van der Waals surface area contributed by atoms with Crippen LogP contribution in [0.15, 0.2) is 42.7 Å². The number of carbonyl (C=O) groups is 1. The van der Waals surface area contributed by atoms with Crippen LogP contribution in [0.1, 0.15) is 31.5 Å². The molecule has 3 heterocycles. The minimum absolute atomic E-state index is 0.0690. The standard InChI is InChI=1S/C24H22F2N6O3/c1-34-23-18(7-15(10-29-23)14-4-5-32-20(8-14)30-24(27)31-32)22(33)28-11-16-6-17(25)9-19(26)21(16)35-12-13-2-3-13/h4-10,13H,2-3,11-12H2,1H3,(H2,27,31)(H,28,33)/i11D2. The Kier molecular flexibility index (Phi) is 5.27. The number of amides is 1. The lowest BCUT2D eigenvalue weighted by Crippen LogP contribution is -2.24. The van der Waals surface area contributed by atoms with E-state index in [4.69, 9.17) is 17.9 Å². The molecule has 1 aliphatic rings. The Morgan fingerprint density at radius 3 is 2.89 bits per heavy atom. The molecule has 3 N–H and O–H groups in total. The number of carbonyl (C=O) groups excluding carboxylic acids is 1. The van der Waals surface area contributed by atoms with Crippen LogP contribution in [0.3, 0.4) is 0 Å². The third kappa shape index (κ3) is 4.84. The molecule has 5 rings (SSSR count). The molecule has 3 aromatic heterocycles. The molecule has 9 nitrogen and oxygen atoms in total. The number of nitrogens with one attached hydrogen (secondary N) is 1. The SMILES string of the molecule is [2H]C([2H])(NC(=O)c1cc(-c2ccn3nc(N)nc3c2)cnc1OC)c1cc(F)cc(F)c1OCC1CC1. The topological polar surface area (TPSA) is 117 Å². The fourth-order valence-electron chi connectivity index (χ4n) is 3.49. The summed E-state index contributed by atoms with van der Waals surface area (Å²) in [5, 5.41) is 6.21. The summed E-state index contributed by atoms with van der Waals surface area (Å²) in [5.41, 5.74) is 6.67. The molecule has 0 unspecified atom stereocenters. The van der Waals surface area contributed by atoms with Crippen molar-refractivity contribution in [3.05, 3.63) is 65.5 Å². The average Bonchev–Trinajstić information content (AvgIpc) is 3.60. The zero-order valence-electron chi connectivity index (χ0n) is 20.6. The highest BCUT2D eigenvalue weighted by molar-refractivity contribution is 5.97. The predicted molar refractivity (Wildman–Crippen MR) is 123 cm³/mol. The van der Waals surface area contributed by atoms with Gasteiger partial charge in [0.25, 0.3) is 5.91 Å². The number of anilines is 1. The maximum atomic E-state index is 14.6. The number of nitrogens with two attached hydrogens (primary N) is 1. The number of pyridine rings is 2. The number of benzene rings is 1. The van der Waals surface area contributed by atoms with Crippen molar-refractivity contribution in [1.82, 2.24) is 24.9 Å². The summed E-state index contributed by atoms with van der Waals surface area (Å²) in [5.74, 6) is -3.15. The van der Waals surface area contributed by atoms with Crippen LogP contribution in [-0.4, -0.2) is 39.2 Å². The molecule has 0 spiro atoms. The fraction of sp³-hybridized carbons (Fsp3) is 0.250. The smallest absolute Gasteiger partial charge is 0.257 e. The van der Waals surface area contributed by atoms with Gasteiger partial charge in [-0.3, -0.25) is 4.79 Å². The lowest BCUT2D eigenvalue weighted by molar-refractivity contribution is 0.0946. The van der Waals surface area contributed by atoms with Crippen LogP contribution < -0.4 is 20.5 Å². The number of nitrogen functional groups attached to an aromatic ring is 1. The Hall–Kier alpha value is -4.28. The third-order valence-electron chi connectivity index (χ3n) is 5.46. The number of rotatable bonds is 8. The van der Waals surface area contributed by atoms with Crippen LogP contribution in [0.25, 0.3) is 16.8 Å². The molecule has 0 saturated heterocycles. The number of methoxy groups -OCH3 is 1. The van der Waals surface area contributed by atoms with Crippen molar-refractivity contribution in [3.63, 3.8) is 0 Å². The van der Waals surface area contributed by atoms with Crippen LogP contribution in [0.5, 0.6) is 11.6 Å². The quantitative estimate of drug-likeness (QED) is 0.395. The third-order valence-corrected chi connectivity index (χ3v) is 5.46. The number of ether oxygens (including phenoxy) is 2. The van der Waals surface area contributed by atoms with Gasteiger partial charge in [0.15, 0.2) is 17.2 Å². The van der Waals surface area contributed by atoms with E-state index >= 15 is 0 Å². The second-order valence-corrected chi connectivity index (χ2v) is 8.07. The monoisotopic (exact) mass is 482 g/mol. The summed E-state index contributed by atoms with van der Waals surface area (Å²) in [4.78, 5) is 21.5. The minimum Gasteiger partial charge on any atom is -0.490 e. The summed E-state index contributed by atoms with van der Waals surface area (Å²) in [6, 6.07) is 6.27. The summed E-state index contributed by atoms with van der Waals surface area (Å²) in [6.07, 6.45) is 4.95. The van der Waals surface area contributed by atoms with Crippen LogP contribution in [0, 0.1) is 17.6 Å². The second-order valence-electron chi connectivity index (χ2n) is 8.07. The lowest BCUT2D eigenvalue weighted by Gasteiger charge is -2.14. The first-order chi connectivity index (χ1) is 17.6. The molecule has 1 aliphatic carbocycles. The van der Waals surface area contributed by atoms with E-state index in [0.29, 0.717) is 22.8 Å². The largest absolute Gasteiger partial charge is 0.490 e. The molecule has 1 saturated carbocycles. The van der Waals surface area contributed by atoms with Crippen molar-refractivity contribution >= 4 is 17.5 Å². The van der Waals surface area contributed by atoms with Crippen molar-refractivity contribution in [2.75, 3.05) is 19.5 Å². The van der Waals surface area contributed by atoms with Crippen molar-refractivity contribution in [2.45, 2.75) is 19.3 Å². The molecule has 0 radical (unpaired) electrons. The lowest BCUT2D eigenvalue weighted by atomic mass is 10.1. The van der Waals surface area contributed by atoms with Crippen LogP contribution in [-0.2, 0) is 6.50 Å². The molecule has 11 heteroatoms. The number of aromatic nitrogens is 4. The summed E-state index contributed by atoms with van der Waals surface area (Å²) < 4.78 is 57.7. The number of halogens is 2. The molecule has 35 heavy (non-hydrogen) atoms. The molecule has 0 aliphatic heterocycles. The molecular weight excluding hydrogens is 458 g/mol. The first-order valence-electron chi connectivity index (χ1n) is 11.8. The Morgan fingerprint density at radius 2 is 2.11 bits per heavy atom. The molecule has 0 bridgehead atoms. The first-order valence-corrected chi connectivity index (χ1v) is 10.8. The molecule has 4 aromatic rings. The van der Waals surface area contributed by atoms with Crippen molar-refractivity contribution in [1.29, 1.82) is 0 Å². The van der Waals surface area contributed by atoms with Gasteiger partial charge in [0.1, 0.15) is 11.4 Å². The number of hydrogen-bond donors (Lipinski definition) is 2. The first kappa shape index (κ1) is 20.1. The van der Waals surface area contributed by atoms with Crippen molar-refractivity contribution in [2.24, 2.45) is 5.92 Å². The van der Waals surface area contributed by atoms with E-state index in [0.717, 1.165) is 18.9 Å². The summed E-state index contributed by atoms with van der Waals surface area (Å²) >= 11 is 0. The minimum atomic E-state index is -2.70. The maximum absolute atomic E-state index is 14.6. The molecule has 1 aromatic carbocycles. The van der Waals surface area contributed by atoms with Gasteiger partial charge < -0.3 is 20.5 Å². The van der Waals surface area contributed by atoms with Crippen molar-refractivity contribution < 1.29 is 25.8 Å². The Morgan fingerprint density at radius 1 is 1.29 bits per heavy atom. The van der Waals surface area contributed by atoms with E-state index in [2.05, 4.69) is 20.4 Å². The van der Waals surface area contributed by atoms with E-state index in [-0.39, 0.29) is 29.9 Å². The second kappa shape index (κ2) is 9.16.